The van der Waals surface area contributed by atoms with Crippen LogP contribution in [0.25, 0.3) is 16.9 Å². The summed E-state index contributed by atoms with van der Waals surface area (Å²) in [5.74, 6) is -0.388. The van der Waals surface area contributed by atoms with E-state index in [9.17, 15) is 9.59 Å². The number of nitrogens with zero attached hydrogens (tertiary/aromatic N) is 3. The van der Waals surface area contributed by atoms with Crippen LogP contribution in [0.3, 0.4) is 0 Å². The van der Waals surface area contributed by atoms with Crippen LogP contribution in [0.5, 0.6) is 0 Å². The Morgan fingerprint density at radius 3 is 2.32 bits per heavy atom. The van der Waals surface area contributed by atoms with E-state index in [1.165, 1.54) is 6.92 Å². The van der Waals surface area contributed by atoms with Crippen LogP contribution < -0.4 is 5.32 Å². The van der Waals surface area contributed by atoms with Crippen molar-refractivity contribution in [2.24, 2.45) is 5.92 Å². The molecule has 3 aromatic rings. The molecule has 0 radical (unpaired) electrons. The quantitative estimate of drug-likeness (QED) is 0.597. The van der Waals surface area contributed by atoms with Crippen molar-refractivity contribution < 1.29 is 9.59 Å². The molecule has 0 bridgehead atoms. The van der Waals surface area contributed by atoms with Crippen molar-refractivity contribution in [2.75, 3.05) is 7.05 Å². The number of carbonyl (C=O) groups excluding carboxylic acids is 2. The molecule has 1 aromatic heterocycles. The normalized spacial score (nSPS) is 11.9. The van der Waals surface area contributed by atoms with E-state index in [0.29, 0.717) is 11.6 Å². The SMILES string of the molecule is CC(=O)NC(C(=O)N(C)Cc1cn(-c2ccccc2)nc1-c1ccc(Cl)cc1)C(C)C. The van der Waals surface area contributed by atoms with Crippen molar-refractivity contribution in [3.05, 3.63) is 71.4 Å². The van der Waals surface area contributed by atoms with Gasteiger partial charge in [-0.1, -0.05) is 55.8 Å². The van der Waals surface area contributed by atoms with Gasteiger partial charge in [-0.15, -0.1) is 0 Å². The number of hydrogen-bond acceptors (Lipinski definition) is 3. The lowest BCUT2D eigenvalue weighted by molar-refractivity contribution is -0.136. The van der Waals surface area contributed by atoms with Crippen LogP contribution in [0.2, 0.25) is 5.02 Å². The average molecular weight is 439 g/mol. The van der Waals surface area contributed by atoms with Gasteiger partial charge in [0.15, 0.2) is 0 Å². The number of halogens is 1. The van der Waals surface area contributed by atoms with Crippen LogP contribution in [-0.4, -0.2) is 39.6 Å². The number of carbonyl (C=O) groups is 2. The van der Waals surface area contributed by atoms with Gasteiger partial charge in [0.1, 0.15) is 6.04 Å². The van der Waals surface area contributed by atoms with Crippen LogP contribution in [0.4, 0.5) is 0 Å². The van der Waals surface area contributed by atoms with Crippen molar-refractivity contribution in [3.63, 3.8) is 0 Å². The number of benzene rings is 2. The summed E-state index contributed by atoms with van der Waals surface area (Å²) in [6.07, 6.45) is 1.94. The minimum atomic E-state index is -0.578. The van der Waals surface area contributed by atoms with Gasteiger partial charge in [0.25, 0.3) is 0 Å². The van der Waals surface area contributed by atoms with Gasteiger partial charge in [0.2, 0.25) is 11.8 Å². The van der Waals surface area contributed by atoms with Crippen LogP contribution in [0.1, 0.15) is 26.3 Å². The van der Waals surface area contributed by atoms with Gasteiger partial charge in [-0.2, -0.15) is 5.10 Å². The summed E-state index contributed by atoms with van der Waals surface area (Å²) >= 11 is 6.06. The first-order valence-corrected chi connectivity index (χ1v) is 10.6. The zero-order valence-electron chi connectivity index (χ0n) is 18.2. The second-order valence-electron chi connectivity index (χ2n) is 7.91. The van der Waals surface area contributed by atoms with Crippen molar-refractivity contribution >= 4 is 23.4 Å². The molecule has 0 spiro atoms. The van der Waals surface area contributed by atoms with E-state index in [0.717, 1.165) is 22.5 Å². The molecule has 162 valence electrons. The number of amides is 2. The number of para-hydroxylation sites is 1. The summed E-state index contributed by atoms with van der Waals surface area (Å²) in [5.41, 5.74) is 3.52. The third-order valence-corrected chi connectivity index (χ3v) is 5.26. The number of likely N-dealkylation sites (N-methyl/N-ethyl adjacent to an activating group) is 1. The highest BCUT2D eigenvalue weighted by Crippen LogP contribution is 2.26. The molecule has 1 heterocycles. The smallest absolute Gasteiger partial charge is 0.245 e. The third kappa shape index (κ3) is 5.52. The van der Waals surface area contributed by atoms with E-state index in [-0.39, 0.29) is 17.7 Å². The predicted octanol–water partition coefficient (Wildman–Crippen LogP) is 4.31. The molecule has 1 unspecified atom stereocenters. The Balaban J connectivity index is 1.95. The Morgan fingerprint density at radius 1 is 1.10 bits per heavy atom. The highest BCUT2D eigenvalue weighted by atomic mass is 35.5. The maximum absolute atomic E-state index is 13.1. The Morgan fingerprint density at radius 2 is 1.74 bits per heavy atom. The molecule has 31 heavy (non-hydrogen) atoms. The van der Waals surface area contributed by atoms with Gasteiger partial charge >= 0.3 is 0 Å². The van der Waals surface area contributed by atoms with Crippen molar-refractivity contribution in [3.8, 4) is 16.9 Å². The van der Waals surface area contributed by atoms with Crippen molar-refractivity contribution in [1.82, 2.24) is 20.0 Å². The van der Waals surface area contributed by atoms with E-state index < -0.39 is 6.04 Å². The van der Waals surface area contributed by atoms with Crippen LogP contribution in [0.15, 0.2) is 60.8 Å². The molecule has 0 saturated carbocycles. The molecule has 0 saturated heterocycles. The van der Waals surface area contributed by atoms with Crippen LogP contribution in [-0.2, 0) is 16.1 Å². The van der Waals surface area contributed by atoms with E-state index in [1.54, 1.807) is 11.9 Å². The van der Waals surface area contributed by atoms with E-state index in [4.69, 9.17) is 16.7 Å². The van der Waals surface area contributed by atoms with Gasteiger partial charge < -0.3 is 10.2 Å². The molecule has 1 atom stereocenters. The molecular formula is C24H27ClN4O2. The summed E-state index contributed by atoms with van der Waals surface area (Å²) in [5, 5.41) is 8.20. The Bertz CT molecular complexity index is 1050. The number of hydrogen-bond donors (Lipinski definition) is 1. The average Bonchev–Trinajstić information content (AvgIpc) is 3.16. The fourth-order valence-corrected chi connectivity index (χ4v) is 3.52. The first kappa shape index (κ1) is 22.6. The lowest BCUT2D eigenvalue weighted by atomic mass is 10.0. The fraction of sp³-hybridized carbons (Fsp3) is 0.292. The summed E-state index contributed by atoms with van der Waals surface area (Å²) in [4.78, 5) is 26.3. The Kier molecular flexibility index (Phi) is 7.13. The first-order chi connectivity index (χ1) is 14.8. The molecule has 0 fully saturated rings. The number of rotatable bonds is 7. The first-order valence-electron chi connectivity index (χ1n) is 10.2. The molecule has 3 rings (SSSR count). The zero-order valence-corrected chi connectivity index (χ0v) is 18.9. The Hall–Kier alpha value is -3.12. The second kappa shape index (κ2) is 9.79. The molecule has 0 aliphatic rings. The van der Waals surface area contributed by atoms with Gasteiger partial charge in [-0.25, -0.2) is 4.68 Å². The molecule has 2 aromatic carbocycles. The minimum absolute atomic E-state index is 0.0263. The largest absolute Gasteiger partial charge is 0.344 e. The molecular weight excluding hydrogens is 412 g/mol. The lowest BCUT2D eigenvalue weighted by Gasteiger charge is -2.26. The predicted molar refractivity (Wildman–Crippen MR) is 123 cm³/mol. The van der Waals surface area contributed by atoms with Crippen molar-refractivity contribution in [2.45, 2.75) is 33.4 Å². The van der Waals surface area contributed by atoms with Gasteiger partial charge in [-0.3, -0.25) is 9.59 Å². The van der Waals surface area contributed by atoms with Crippen LogP contribution in [0, 0.1) is 5.92 Å². The summed E-state index contributed by atoms with van der Waals surface area (Å²) in [7, 11) is 1.74. The minimum Gasteiger partial charge on any atom is -0.344 e. The summed E-state index contributed by atoms with van der Waals surface area (Å²) in [6, 6.07) is 16.7. The Labute approximate surface area is 187 Å². The zero-order chi connectivity index (χ0) is 22.5. The molecule has 0 aliphatic carbocycles. The standard InChI is InChI=1S/C24H27ClN4O2/c1-16(2)22(26-17(3)30)24(31)28(4)14-19-15-29(21-8-6-5-7-9-21)27-23(19)18-10-12-20(25)13-11-18/h5-13,15-16,22H,14H2,1-4H3,(H,26,30). The van der Waals surface area contributed by atoms with Crippen molar-refractivity contribution in [1.29, 1.82) is 0 Å². The van der Waals surface area contributed by atoms with E-state index in [2.05, 4.69) is 5.32 Å². The van der Waals surface area contributed by atoms with E-state index >= 15 is 0 Å². The highest BCUT2D eigenvalue weighted by Gasteiger charge is 2.27. The highest BCUT2D eigenvalue weighted by molar-refractivity contribution is 6.30. The van der Waals surface area contributed by atoms with Crippen LogP contribution >= 0.6 is 11.6 Å². The fourth-order valence-electron chi connectivity index (χ4n) is 3.39. The monoisotopic (exact) mass is 438 g/mol. The molecule has 2 amide bonds. The molecule has 7 heteroatoms. The molecule has 1 N–H and O–H groups in total. The summed E-state index contributed by atoms with van der Waals surface area (Å²) < 4.78 is 1.81. The topological polar surface area (TPSA) is 67.2 Å². The number of nitrogens with one attached hydrogen (secondary N) is 1. The lowest BCUT2D eigenvalue weighted by Crippen LogP contribution is -2.49. The molecule has 0 aliphatic heterocycles. The third-order valence-electron chi connectivity index (χ3n) is 5.00. The van der Waals surface area contributed by atoms with E-state index in [1.807, 2.05) is 79.3 Å². The molecule has 6 nitrogen and oxygen atoms in total. The summed E-state index contributed by atoms with van der Waals surface area (Å²) in [6.45, 7) is 5.61. The maximum Gasteiger partial charge on any atom is 0.245 e. The van der Waals surface area contributed by atoms with Gasteiger partial charge in [0.05, 0.1) is 11.4 Å². The maximum atomic E-state index is 13.1. The van der Waals surface area contributed by atoms with Gasteiger partial charge in [0, 0.05) is 42.9 Å². The second-order valence-corrected chi connectivity index (χ2v) is 8.34. The van der Waals surface area contributed by atoms with Gasteiger partial charge in [-0.05, 0) is 30.2 Å². The number of aromatic nitrogens is 2.